The minimum absolute atomic E-state index is 0.461. The predicted molar refractivity (Wildman–Crippen MR) is 103 cm³/mol. The van der Waals surface area contributed by atoms with Gasteiger partial charge in [-0.2, -0.15) is 0 Å². The Kier molecular flexibility index (Phi) is 6.26. The third kappa shape index (κ3) is 5.11. The molecule has 2 aromatic carbocycles. The van der Waals surface area contributed by atoms with Gasteiger partial charge in [0.25, 0.3) is 0 Å². The number of hydrogen-bond donors (Lipinski definition) is 0. The first kappa shape index (κ1) is 17.5. The minimum atomic E-state index is -0.461. The molecule has 3 rings (SSSR count). The van der Waals surface area contributed by atoms with Gasteiger partial charge in [0.15, 0.2) is 0 Å². The summed E-state index contributed by atoms with van der Waals surface area (Å²) in [6.07, 6.45) is 6.09. The zero-order chi connectivity index (χ0) is 18.0. The van der Waals surface area contributed by atoms with E-state index in [1.54, 1.807) is 24.5 Å². The lowest BCUT2D eigenvalue weighted by Gasteiger charge is -2.02. The molecule has 0 atom stereocenters. The maximum atomic E-state index is 12.0. The van der Waals surface area contributed by atoms with E-state index in [1.807, 2.05) is 48.5 Å². The van der Waals surface area contributed by atoms with Crippen LogP contribution in [0.2, 0.25) is 0 Å². The molecule has 26 heavy (non-hydrogen) atoms. The van der Waals surface area contributed by atoms with Crippen molar-refractivity contribution in [3.8, 4) is 11.3 Å². The Morgan fingerprint density at radius 3 is 2.46 bits per heavy atom. The number of benzene rings is 2. The van der Waals surface area contributed by atoms with Crippen molar-refractivity contribution in [2.45, 2.75) is 19.3 Å². The molecule has 0 bridgehead atoms. The summed E-state index contributed by atoms with van der Waals surface area (Å²) >= 11 is 0. The Hall–Kier alpha value is -3.27. The molecule has 1 heterocycles. The Bertz CT molecular complexity index is 844. The highest BCUT2D eigenvalue weighted by atomic mass is 16.7. The van der Waals surface area contributed by atoms with Gasteiger partial charge in [0.05, 0.1) is 11.3 Å². The summed E-state index contributed by atoms with van der Waals surface area (Å²) in [7, 11) is 0. The third-order valence-corrected chi connectivity index (χ3v) is 3.93. The number of carbonyl (C=O) groups is 1. The molecule has 0 unspecified atom stereocenters. The van der Waals surface area contributed by atoms with Crippen LogP contribution in [0, 0.1) is 0 Å². The predicted octanol–water partition coefficient (Wildman–Crippen LogP) is 4.91. The van der Waals surface area contributed by atoms with Crippen LogP contribution in [0.4, 0.5) is 0 Å². The summed E-state index contributed by atoms with van der Waals surface area (Å²) in [5.74, 6) is -0.461. The summed E-state index contributed by atoms with van der Waals surface area (Å²) in [5.41, 5.74) is 3.58. The molecule has 0 fully saturated rings. The average molecular weight is 344 g/mol. The van der Waals surface area contributed by atoms with Gasteiger partial charge in [0.1, 0.15) is 0 Å². The van der Waals surface area contributed by atoms with Crippen LogP contribution in [0.5, 0.6) is 0 Å². The van der Waals surface area contributed by atoms with E-state index in [0.29, 0.717) is 5.56 Å². The quantitative estimate of drug-likeness (QED) is 0.265. The molecular formula is C22H20N2O2. The molecule has 3 aromatic rings. The second-order valence-electron chi connectivity index (χ2n) is 5.84. The molecule has 0 aliphatic carbocycles. The molecule has 0 amide bonds. The van der Waals surface area contributed by atoms with Crippen LogP contribution in [0.15, 0.2) is 84.1 Å². The van der Waals surface area contributed by atoms with Crippen molar-refractivity contribution < 1.29 is 9.63 Å². The Balaban J connectivity index is 1.44. The van der Waals surface area contributed by atoms with Crippen LogP contribution in [0.25, 0.3) is 11.3 Å². The highest BCUT2D eigenvalue weighted by Gasteiger charge is 2.07. The van der Waals surface area contributed by atoms with Gasteiger partial charge < -0.3 is 4.84 Å². The van der Waals surface area contributed by atoms with Gasteiger partial charge >= 0.3 is 5.97 Å². The van der Waals surface area contributed by atoms with Crippen LogP contribution < -0.4 is 0 Å². The molecular weight excluding hydrogens is 324 g/mol. The zero-order valence-corrected chi connectivity index (χ0v) is 14.4. The van der Waals surface area contributed by atoms with Crippen molar-refractivity contribution >= 4 is 12.2 Å². The first-order valence-electron chi connectivity index (χ1n) is 8.61. The first-order chi connectivity index (χ1) is 12.8. The number of rotatable bonds is 7. The molecule has 1 aromatic heterocycles. The number of aryl methyl sites for hydroxylation is 1. The van der Waals surface area contributed by atoms with Crippen molar-refractivity contribution in [3.63, 3.8) is 0 Å². The van der Waals surface area contributed by atoms with E-state index < -0.39 is 5.97 Å². The molecule has 4 nitrogen and oxygen atoms in total. The van der Waals surface area contributed by atoms with Crippen molar-refractivity contribution in [2.75, 3.05) is 0 Å². The second kappa shape index (κ2) is 9.28. The van der Waals surface area contributed by atoms with Crippen LogP contribution in [-0.4, -0.2) is 17.2 Å². The lowest BCUT2D eigenvalue weighted by molar-refractivity contribution is 0.0518. The molecule has 0 N–H and O–H groups in total. The standard InChI is InChI=1S/C22H20N2O2/c25-22(26-24-17-7-4-10-18-8-2-1-3-9-18)20-14-12-19(13-15-20)21-11-5-6-16-23-21/h1-3,5-6,8-9,11-17H,4,7,10H2. The normalized spacial score (nSPS) is 10.8. The van der Waals surface area contributed by atoms with E-state index in [4.69, 9.17) is 4.84 Å². The number of pyridine rings is 1. The Morgan fingerprint density at radius 1 is 0.962 bits per heavy atom. The summed E-state index contributed by atoms with van der Waals surface area (Å²) in [6.45, 7) is 0. The van der Waals surface area contributed by atoms with Gasteiger partial charge in [-0.05, 0) is 49.1 Å². The van der Waals surface area contributed by atoms with Crippen molar-refractivity contribution in [2.24, 2.45) is 5.16 Å². The van der Waals surface area contributed by atoms with Crippen molar-refractivity contribution in [3.05, 3.63) is 90.1 Å². The Morgan fingerprint density at radius 2 is 1.73 bits per heavy atom. The van der Waals surface area contributed by atoms with Gasteiger partial charge in [-0.15, -0.1) is 0 Å². The molecule has 0 spiro atoms. The van der Waals surface area contributed by atoms with Crippen LogP contribution in [0.1, 0.15) is 28.8 Å². The summed E-state index contributed by atoms with van der Waals surface area (Å²) in [6, 6.07) is 23.1. The number of carbonyl (C=O) groups excluding carboxylic acids is 1. The smallest absolute Gasteiger partial charge is 0.313 e. The zero-order valence-electron chi connectivity index (χ0n) is 14.4. The lowest BCUT2D eigenvalue weighted by Crippen LogP contribution is -2.00. The van der Waals surface area contributed by atoms with E-state index >= 15 is 0 Å². The van der Waals surface area contributed by atoms with Gasteiger partial charge in [-0.1, -0.05) is 53.7 Å². The molecule has 130 valence electrons. The van der Waals surface area contributed by atoms with Crippen molar-refractivity contribution in [1.82, 2.24) is 4.98 Å². The summed E-state index contributed by atoms with van der Waals surface area (Å²) < 4.78 is 0. The molecule has 0 radical (unpaired) electrons. The van der Waals surface area contributed by atoms with Gasteiger partial charge in [0, 0.05) is 18.0 Å². The molecule has 0 aliphatic heterocycles. The summed E-state index contributed by atoms with van der Waals surface area (Å²) in [4.78, 5) is 21.2. The Labute approximate surface area is 153 Å². The van der Waals surface area contributed by atoms with E-state index in [-0.39, 0.29) is 0 Å². The fraction of sp³-hybridized carbons (Fsp3) is 0.136. The fourth-order valence-electron chi connectivity index (χ4n) is 2.54. The van der Waals surface area contributed by atoms with Crippen LogP contribution in [0.3, 0.4) is 0 Å². The number of aromatic nitrogens is 1. The number of nitrogens with zero attached hydrogens (tertiary/aromatic N) is 2. The van der Waals surface area contributed by atoms with Crippen LogP contribution in [-0.2, 0) is 11.3 Å². The van der Waals surface area contributed by atoms with E-state index in [1.165, 1.54) is 5.56 Å². The highest BCUT2D eigenvalue weighted by molar-refractivity contribution is 5.90. The average Bonchev–Trinajstić information content (AvgIpc) is 2.72. The topological polar surface area (TPSA) is 51.5 Å². The number of hydrogen-bond acceptors (Lipinski definition) is 4. The van der Waals surface area contributed by atoms with E-state index in [9.17, 15) is 4.79 Å². The fourth-order valence-corrected chi connectivity index (χ4v) is 2.54. The van der Waals surface area contributed by atoms with Gasteiger partial charge in [-0.25, -0.2) is 4.79 Å². The van der Waals surface area contributed by atoms with E-state index in [2.05, 4.69) is 22.3 Å². The minimum Gasteiger partial charge on any atom is -0.313 e. The molecule has 0 saturated carbocycles. The van der Waals surface area contributed by atoms with Crippen LogP contribution >= 0.6 is 0 Å². The first-order valence-corrected chi connectivity index (χ1v) is 8.61. The number of oxime groups is 1. The lowest BCUT2D eigenvalue weighted by atomic mass is 10.1. The largest absolute Gasteiger partial charge is 0.365 e. The van der Waals surface area contributed by atoms with E-state index in [0.717, 1.165) is 30.5 Å². The maximum Gasteiger partial charge on any atom is 0.365 e. The maximum absolute atomic E-state index is 12.0. The SMILES string of the molecule is O=C(ON=CCCCc1ccccc1)c1ccc(-c2ccccn2)cc1. The second-order valence-corrected chi connectivity index (χ2v) is 5.84. The number of unbranched alkanes of at least 4 members (excludes halogenated alkanes) is 1. The third-order valence-electron chi connectivity index (χ3n) is 3.93. The monoisotopic (exact) mass is 344 g/mol. The molecule has 4 heteroatoms. The molecule has 0 saturated heterocycles. The molecule has 0 aliphatic rings. The van der Waals surface area contributed by atoms with Gasteiger partial charge in [-0.3, -0.25) is 4.98 Å². The summed E-state index contributed by atoms with van der Waals surface area (Å²) in [5, 5.41) is 3.77. The van der Waals surface area contributed by atoms with Gasteiger partial charge in [0.2, 0.25) is 0 Å². The highest BCUT2D eigenvalue weighted by Crippen LogP contribution is 2.17. The van der Waals surface area contributed by atoms with Crippen molar-refractivity contribution in [1.29, 1.82) is 0 Å².